The Labute approximate surface area is 441 Å². The van der Waals surface area contributed by atoms with Crippen LogP contribution in [0.5, 0.6) is 0 Å². The third-order valence-corrected chi connectivity index (χ3v) is 14.2. The molecule has 15 heteroatoms. The fraction of sp³-hybridized carbons (Fsp3) is 0.897. The van der Waals surface area contributed by atoms with Crippen LogP contribution in [0.3, 0.4) is 0 Å². The molecule has 0 saturated carbocycles. The highest BCUT2D eigenvalue weighted by Crippen LogP contribution is 2.27. The first-order chi connectivity index (χ1) is 35.5. The molecule has 7 N–H and O–H groups in total. The van der Waals surface area contributed by atoms with Crippen LogP contribution in [0, 0.1) is 0 Å². The molecule has 0 aromatic carbocycles. The van der Waals surface area contributed by atoms with Crippen molar-refractivity contribution in [3.8, 4) is 0 Å². The molecule has 2 rings (SSSR count). The third kappa shape index (κ3) is 32.4. The Morgan fingerprint density at radius 1 is 0.438 bits per heavy atom. The van der Waals surface area contributed by atoms with E-state index in [4.69, 9.17) is 28.4 Å². The van der Waals surface area contributed by atoms with Crippen LogP contribution in [0.25, 0.3) is 0 Å². The van der Waals surface area contributed by atoms with Gasteiger partial charge in [-0.2, -0.15) is 0 Å². The van der Waals surface area contributed by atoms with Gasteiger partial charge in [0.1, 0.15) is 55.4 Å². The SMILES string of the molecule is CCCCC/C=C/C/C=C/CCCCCCCCCCCC(=O)OC[C@@H](CO[C@@H]1O[C@H](CO[C@@H]2O[C@H](CO)[C@H](O)C(O)C2O)[C@H](O)C(O)C1O)OC(=O)CCCCCCCCCCCCCCCCCCCC. The standard InChI is InChI=1S/C58H106O15/c1-3-5-7-9-11-13-15-17-19-21-23-25-26-28-30-32-34-36-38-40-49(60)68-43-46(71-50(61)41-39-37-35-33-31-29-27-24-22-20-18-16-14-12-10-8-6-4-2)44-69-57-56(67)54(65)52(63)48(73-57)45-70-58-55(66)53(64)51(62)47(42-59)72-58/h11,13,17,19,46-48,51-59,62-67H,3-10,12,14-16,18,20-45H2,1-2H3/b13-11+,19-17+/t46-,47+,48+,51-,52-,53?,54?,55?,56?,57+,58+/m0/s1. The predicted molar refractivity (Wildman–Crippen MR) is 284 cm³/mol. The molecule has 4 unspecified atom stereocenters. The van der Waals surface area contributed by atoms with Gasteiger partial charge in [0.2, 0.25) is 0 Å². The first-order valence-electron chi connectivity index (χ1n) is 29.4. The van der Waals surface area contributed by atoms with Crippen LogP contribution in [0.2, 0.25) is 0 Å². The Kier molecular flexibility index (Phi) is 41.4. The average molecular weight is 1040 g/mol. The van der Waals surface area contributed by atoms with Crippen molar-refractivity contribution >= 4 is 11.9 Å². The van der Waals surface area contributed by atoms with E-state index in [0.29, 0.717) is 12.8 Å². The molecule has 0 aromatic heterocycles. The van der Waals surface area contributed by atoms with Crippen LogP contribution in [0.4, 0.5) is 0 Å². The van der Waals surface area contributed by atoms with Gasteiger partial charge in [-0.05, 0) is 44.9 Å². The monoisotopic (exact) mass is 1040 g/mol. The van der Waals surface area contributed by atoms with Crippen molar-refractivity contribution < 1.29 is 73.8 Å². The molecule has 0 aromatic rings. The largest absolute Gasteiger partial charge is 0.462 e. The summed E-state index contributed by atoms with van der Waals surface area (Å²) in [5.74, 6) is -0.916. The zero-order valence-corrected chi connectivity index (χ0v) is 45.6. The number of carbonyl (C=O) groups excluding carboxylic acids is 2. The number of hydrogen-bond acceptors (Lipinski definition) is 15. The number of allylic oxidation sites excluding steroid dienone is 4. The molecule has 0 amide bonds. The van der Waals surface area contributed by atoms with E-state index in [1.54, 1.807) is 0 Å². The van der Waals surface area contributed by atoms with Crippen molar-refractivity contribution in [2.75, 3.05) is 26.4 Å². The lowest BCUT2D eigenvalue weighted by molar-refractivity contribution is -0.332. The van der Waals surface area contributed by atoms with Crippen molar-refractivity contribution in [3.63, 3.8) is 0 Å². The number of unbranched alkanes of at least 4 members (excludes halogenated alkanes) is 29. The zero-order chi connectivity index (χ0) is 53.2. The number of hydrogen-bond donors (Lipinski definition) is 7. The minimum Gasteiger partial charge on any atom is -0.462 e. The number of aliphatic hydroxyl groups is 7. The highest BCUT2D eigenvalue weighted by Gasteiger charge is 2.47. The van der Waals surface area contributed by atoms with E-state index in [9.17, 15) is 45.3 Å². The Morgan fingerprint density at radius 3 is 1.30 bits per heavy atom. The predicted octanol–water partition coefficient (Wildman–Crippen LogP) is 9.89. The van der Waals surface area contributed by atoms with E-state index < -0.39 is 92.7 Å². The first-order valence-corrected chi connectivity index (χ1v) is 29.4. The van der Waals surface area contributed by atoms with Gasteiger partial charge in [0.25, 0.3) is 0 Å². The number of aliphatic hydroxyl groups excluding tert-OH is 7. The quantitative estimate of drug-likeness (QED) is 0.0171. The summed E-state index contributed by atoms with van der Waals surface area (Å²) in [6.45, 7) is 2.61. The number of ether oxygens (including phenoxy) is 6. The van der Waals surface area contributed by atoms with E-state index in [1.807, 2.05) is 0 Å². The molecule has 2 saturated heterocycles. The van der Waals surface area contributed by atoms with E-state index in [-0.39, 0.29) is 26.1 Å². The van der Waals surface area contributed by atoms with Crippen LogP contribution in [0.1, 0.15) is 239 Å². The molecule has 0 aliphatic carbocycles. The van der Waals surface area contributed by atoms with Crippen LogP contribution >= 0.6 is 0 Å². The molecule has 0 spiro atoms. The van der Waals surface area contributed by atoms with Gasteiger partial charge in [-0.15, -0.1) is 0 Å². The average Bonchev–Trinajstić information content (AvgIpc) is 3.38. The molecule has 0 radical (unpaired) electrons. The molecule has 428 valence electrons. The van der Waals surface area contributed by atoms with Gasteiger partial charge in [-0.3, -0.25) is 9.59 Å². The van der Waals surface area contributed by atoms with Crippen LogP contribution < -0.4 is 0 Å². The maximum Gasteiger partial charge on any atom is 0.306 e. The third-order valence-electron chi connectivity index (χ3n) is 14.2. The Balaban J connectivity index is 1.75. The smallest absolute Gasteiger partial charge is 0.306 e. The van der Waals surface area contributed by atoms with Crippen molar-refractivity contribution in [1.82, 2.24) is 0 Å². The lowest BCUT2D eigenvalue weighted by Gasteiger charge is -2.42. The van der Waals surface area contributed by atoms with E-state index in [0.717, 1.165) is 51.4 Å². The highest BCUT2D eigenvalue weighted by atomic mass is 16.7. The highest BCUT2D eigenvalue weighted by molar-refractivity contribution is 5.70. The van der Waals surface area contributed by atoms with Gasteiger partial charge < -0.3 is 64.2 Å². The molecular weight excluding hydrogens is 937 g/mol. The Hall–Kier alpha value is -2.02. The second-order valence-corrected chi connectivity index (χ2v) is 20.8. The Morgan fingerprint density at radius 2 is 0.822 bits per heavy atom. The summed E-state index contributed by atoms with van der Waals surface area (Å²) in [6.07, 6.45) is 31.9. The second-order valence-electron chi connectivity index (χ2n) is 20.8. The molecule has 11 atom stereocenters. The van der Waals surface area contributed by atoms with E-state index in [2.05, 4.69) is 38.2 Å². The molecule has 2 fully saturated rings. The van der Waals surface area contributed by atoms with Gasteiger partial charge in [-0.1, -0.05) is 205 Å². The second kappa shape index (κ2) is 45.0. The molecule has 73 heavy (non-hydrogen) atoms. The summed E-state index contributed by atoms with van der Waals surface area (Å²) in [7, 11) is 0. The molecule has 15 nitrogen and oxygen atoms in total. The summed E-state index contributed by atoms with van der Waals surface area (Å²) in [6, 6.07) is 0. The summed E-state index contributed by atoms with van der Waals surface area (Å²) in [5, 5.41) is 72.3. The lowest BCUT2D eigenvalue weighted by Crippen LogP contribution is -2.61. The maximum atomic E-state index is 13.1. The van der Waals surface area contributed by atoms with Gasteiger partial charge in [0.15, 0.2) is 18.7 Å². The maximum absolute atomic E-state index is 13.1. The fourth-order valence-corrected chi connectivity index (χ4v) is 9.37. The summed E-state index contributed by atoms with van der Waals surface area (Å²) < 4.78 is 33.7. The molecule has 2 heterocycles. The minimum absolute atomic E-state index is 0.169. The molecular formula is C58H106O15. The van der Waals surface area contributed by atoms with E-state index in [1.165, 1.54) is 148 Å². The molecule has 2 aliphatic rings. The lowest BCUT2D eigenvalue weighted by atomic mass is 9.98. The number of esters is 2. The molecule has 0 bridgehead atoms. The summed E-state index contributed by atoms with van der Waals surface area (Å²) >= 11 is 0. The van der Waals surface area contributed by atoms with Crippen molar-refractivity contribution in [2.24, 2.45) is 0 Å². The number of carbonyl (C=O) groups is 2. The fourth-order valence-electron chi connectivity index (χ4n) is 9.37. The van der Waals surface area contributed by atoms with Gasteiger partial charge in [0.05, 0.1) is 19.8 Å². The van der Waals surface area contributed by atoms with E-state index >= 15 is 0 Å². The topological polar surface area (TPSA) is 231 Å². The first kappa shape index (κ1) is 67.1. The van der Waals surface area contributed by atoms with Crippen LogP contribution in [-0.2, 0) is 38.0 Å². The van der Waals surface area contributed by atoms with Crippen LogP contribution in [-0.4, -0.2) is 142 Å². The van der Waals surface area contributed by atoms with Gasteiger partial charge >= 0.3 is 11.9 Å². The van der Waals surface area contributed by atoms with Crippen LogP contribution in [0.15, 0.2) is 24.3 Å². The Bertz CT molecular complexity index is 1360. The van der Waals surface area contributed by atoms with Gasteiger partial charge in [-0.25, -0.2) is 0 Å². The summed E-state index contributed by atoms with van der Waals surface area (Å²) in [5.41, 5.74) is 0. The van der Waals surface area contributed by atoms with Gasteiger partial charge in [0, 0.05) is 12.8 Å². The van der Waals surface area contributed by atoms with Crippen molar-refractivity contribution in [3.05, 3.63) is 24.3 Å². The minimum atomic E-state index is -1.76. The zero-order valence-electron chi connectivity index (χ0n) is 45.6. The normalized spacial score (nSPS) is 24.9. The number of rotatable bonds is 47. The summed E-state index contributed by atoms with van der Waals surface area (Å²) in [4.78, 5) is 25.9. The van der Waals surface area contributed by atoms with Crippen molar-refractivity contribution in [1.29, 1.82) is 0 Å². The van der Waals surface area contributed by atoms with Crippen molar-refractivity contribution in [2.45, 2.75) is 306 Å². The molecule has 2 aliphatic heterocycles.